The number of imide groups is 1. The molecule has 3 aliphatic rings. The summed E-state index contributed by atoms with van der Waals surface area (Å²) in [5.41, 5.74) is 4.04. The van der Waals surface area contributed by atoms with E-state index in [0.717, 1.165) is 5.56 Å². The number of hydrogen-bond donors (Lipinski definition) is 0. The first-order valence-electron chi connectivity index (χ1n) is 9.16. The minimum absolute atomic E-state index is 0.0101. The molecule has 2 amide bonds. The highest BCUT2D eigenvalue weighted by atomic mass is 35.5. The largest absolute Gasteiger partial charge is 0.274 e. The lowest BCUT2D eigenvalue weighted by molar-refractivity contribution is -0.122. The summed E-state index contributed by atoms with van der Waals surface area (Å²) < 4.78 is 0. The first-order chi connectivity index (χ1) is 13.1. The first kappa shape index (κ1) is 16.5. The van der Waals surface area contributed by atoms with E-state index in [1.807, 2.05) is 18.2 Å². The van der Waals surface area contributed by atoms with Crippen molar-refractivity contribution in [2.24, 2.45) is 23.7 Å². The lowest BCUT2D eigenvalue weighted by atomic mass is 9.85. The summed E-state index contributed by atoms with van der Waals surface area (Å²) in [7, 11) is 0. The van der Waals surface area contributed by atoms with E-state index in [1.54, 1.807) is 24.3 Å². The van der Waals surface area contributed by atoms with Crippen molar-refractivity contribution in [1.29, 1.82) is 0 Å². The molecule has 27 heavy (non-hydrogen) atoms. The summed E-state index contributed by atoms with van der Waals surface area (Å²) in [6, 6.07) is 17.2. The Hall–Kier alpha value is -2.65. The van der Waals surface area contributed by atoms with Crippen LogP contribution in [0.2, 0.25) is 5.02 Å². The standard InChI is InChI=1S/C23H18ClNO2/c1-13(14-7-3-2-4-8-14)19-15-11-12-16(19)21-20(15)22(26)25(23(21)27)18-10-6-5-9-17(18)24/h2-12,15-16,20-21H,1H3/t15-,16-,20-,21-/m1/s1. The molecule has 0 radical (unpaired) electrons. The summed E-state index contributed by atoms with van der Waals surface area (Å²) >= 11 is 6.27. The summed E-state index contributed by atoms with van der Waals surface area (Å²) in [5.74, 6) is -0.926. The number of nitrogens with zero attached hydrogens (tertiary/aromatic N) is 1. The van der Waals surface area contributed by atoms with Crippen LogP contribution in [-0.4, -0.2) is 11.8 Å². The molecule has 4 heteroatoms. The molecule has 2 fully saturated rings. The molecule has 2 aromatic carbocycles. The van der Waals surface area contributed by atoms with Crippen molar-refractivity contribution in [2.75, 3.05) is 4.90 Å². The van der Waals surface area contributed by atoms with Crippen molar-refractivity contribution < 1.29 is 9.59 Å². The van der Waals surface area contributed by atoms with Gasteiger partial charge in [-0.25, -0.2) is 4.90 Å². The van der Waals surface area contributed by atoms with Crippen molar-refractivity contribution in [3.05, 3.63) is 82.9 Å². The Morgan fingerprint density at radius 1 is 0.852 bits per heavy atom. The maximum Gasteiger partial charge on any atom is 0.238 e. The third kappa shape index (κ3) is 2.21. The van der Waals surface area contributed by atoms with Gasteiger partial charge in [0.2, 0.25) is 11.8 Å². The van der Waals surface area contributed by atoms with Gasteiger partial charge in [-0.05, 0) is 30.2 Å². The smallest absolute Gasteiger partial charge is 0.238 e. The third-order valence-electron chi connectivity index (χ3n) is 6.15. The second-order valence-electron chi connectivity index (χ2n) is 7.40. The van der Waals surface area contributed by atoms with Gasteiger partial charge in [0, 0.05) is 11.8 Å². The van der Waals surface area contributed by atoms with Gasteiger partial charge < -0.3 is 0 Å². The minimum atomic E-state index is -0.322. The Morgan fingerprint density at radius 3 is 2.00 bits per heavy atom. The molecule has 5 rings (SSSR count). The zero-order chi connectivity index (χ0) is 18.7. The second kappa shape index (κ2) is 5.93. The molecule has 0 unspecified atom stereocenters. The van der Waals surface area contributed by atoms with Crippen molar-refractivity contribution in [3.8, 4) is 0 Å². The van der Waals surface area contributed by atoms with E-state index in [4.69, 9.17) is 11.6 Å². The van der Waals surface area contributed by atoms with E-state index in [-0.39, 0.29) is 35.5 Å². The number of fused-ring (bicyclic) bond motifs is 5. The van der Waals surface area contributed by atoms with Crippen LogP contribution in [0.5, 0.6) is 0 Å². The van der Waals surface area contributed by atoms with Gasteiger partial charge in [0.25, 0.3) is 0 Å². The van der Waals surface area contributed by atoms with Gasteiger partial charge in [0.05, 0.1) is 22.5 Å². The fourth-order valence-corrected chi connectivity index (χ4v) is 5.21. The molecule has 3 nitrogen and oxygen atoms in total. The molecule has 2 aliphatic carbocycles. The fraction of sp³-hybridized carbons (Fsp3) is 0.217. The van der Waals surface area contributed by atoms with Gasteiger partial charge in [0.15, 0.2) is 0 Å². The molecule has 0 N–H and O–H groups in total. The van der Waals surface area contributed by atoms with Crippen molar-refractivity contribution in [2.45, 2.75) is 6.92 Å². The van der Waals surface area contributed by atoms with Gasteiger partial charge in [-0.3, -0.25) is 9.59 Å². The predicted molar refractivity (Wildman–Crippen MR) is 106 cm³/mol. The van der Waals surface area contributed by atoms with Crippen LogP contribution in [-0.2, 0) is 9.59 Å². The number of halogens is 1. The van der Waals surface area contributed by atoms with E-state index < -0.39 is 0 Å². The Morgan fingerprint density at radius 2 is 1.41 bits per heavy atom. The number of carbonyl (C=O) groups is 2. The summed E-state index contributed by atoms with van der Waals surface area (Å²) in [4.78, 5) is 27.8. The number of carbonyl (C=O) groups excluding carboxylic acids is 2. The molecule has 0 spiro atoms. The van der Waals surface area contributed by atoms with E-state index >= 15 is 0 Å². The lowest BCUT2D eigenvalue weighted by Crippen LogP contribution is -2.33. The molecule has 1 aliphatic heterocycles. The van der Waals surface area contributed by atoms with Crippen LogP contribution in [0.25, 0.3) is 5.57 Å². The molecule has 2 aromatic rings. The van der Waals surface area contributed by atoms with E-state index in [0.29, 0.717) is 10.7 Å². The first-order valence-corrected chi connectivity index (χ1v) is 9.54. The van der Waals surface area contributed by atoms with Crippen molar-refractivity contribution >= 4 is 34.7 Å². The zero-order valence-electron chi connectivity index (χ0n) is 14.8. The molecule has 4 atom stereocenters. The van der Waals surface area contributed by atoms with Crippen LogP contribution in [0.3, 0.4) is 0 Å². The van der Waals surface area contributed by atoms with Crippen molar-refractivity contribution in [1.82, 2.24) is 0 Å². The van der Waals surface area contributed by atoms with Gasteiger partial charge in [-0.2, -0.15) is 0 Å². The number of anilines is 1. The zero-order valence-corrected chi connectivity index (χ0v) is 15.6. The molecule has 1 saturated carbocycles. The van der Waals surface area contributed by atoms with Crippen LogP contribution < -0.4 is 4.90 Å². The second-order valence-corrected chi connectivity index (χ2v) is 7.80. The fourth-order valence-electron chi connectivity index (χ4n) is 4.99. The average Bonchev–Trinajstić information content (AvgIpc) is 3.33. The van der Waals surface area contributed by atoms with Gasteiger partial charge >= 0.3 is 0 Å². The number of rotatable bonds is 2. The molecular weight excluding hydrogens is 358 g/mol. The molecular formula is C23H18ClNO2. The maximum absolute atomic E-state index is 13.2. The van der Waals surface area contributed by atoms with Gasteiger partial charge in [-0.15, -0.1) is 0 Å². The minimum Gasteiger partial charge on any atom is -0.274 e. The van der Waals surface area contributed by atoms with Crippen LogP contribution >= 0.6 is 11.6 Å². The molecule has 1 heterocycles. The normalized spacial score (nSPS) is 28.2. The summed E-state index contributed by atoms with van der Waals surface area (Å²) in [6.45, 7) is 2.10. The monoisotopic (exact) mass is 375 g/mol. The Balaban J connectivity index is 1.58. The van der Waals surface area contributed by atoms with Crippen LogP contribution in [0.15, 0.2) is 72.3 Å². The van der Waals surface area contributed by atoms with E-state index in [1.165, 1.54) is 16.0 Å². The number of para-hydroxylation sites is 1. The Labute approximate surface area is 162 Å². The number of allylic oxidation sites excluding steroid dienone is 4. The van der Waals surface area contributed by atoms with Crippen LogP contribution in [0.1, 0.15) is 12.5 Å². The van der Waals surface area contributed by atoms with Crippen LogP contribution in [0, 0.1) is 23.7 Å². The van der Waals surface area contributed by atoms with E-state index in [2.05, 4.69) is 31.2 Å². The lowest BCUT2D eigenvalue weighted by Gasteiger charge is -2.20. The number of amides is 2. The van der Waals surface area contributed by atoms with E-state index in [9.17, 15) is 9.59 Å². The molecule has 134 valence electrons. The SMILES string of the molecule is CC(=C1[C@H]2C=C[C@H]1[C@H]1C(=O)N(c3ccccc3Cl)C(=O)[C@@H]12)c1ccccc1. The molecule has 1 saturated heterocycles. The quantitative estimate of drug-likeness (QED) is 0.562. The summed E-state index contributed by atoms with van der Waals surface area (Å²) in [5, 5.41) is 0.427. The van der Waals surface area contributed by atoms with Gasteiger partial charge in [0.1, 0.15) is 0 Å². The average molecular weight is 376 g/mol. The molecule has 0 aromatic heterocycles. The number of benzene rings is 2. The Bertz CT molecular complexity index is 990. The predicted octanol–water partition coefficient (Wildman–Crippen LogP) is 4.74. The highest BCUT2D eigenvalue weighted by Gasteiger charge is 2.62. The third-order valence-corrected chi connectivity index (χ3v) is 6.47. The maximum atomic E-state index is 13.2. The van der Waals surface area contributed by atoms with Crippen LogP contribution in [0.4, 0.5) is 5.69 Å². The number of hydrogen-bond acceptors (Lipinski definition) is 2. The highest BCUT2D eigenvalue weighted by molar-refractivity contribution is 6.36. The molecule has 2 bridgehead atoms. The summed E-state index contributed by atoms with van der Waals surface area (Å²) in [6.07, 6.45) is 4.21. The highest BCUT2D eigenvalue weighted by Crippen LogP contribution is 2.58. The van der Waals surface area contributed by atoms with Crippen molar-refractivity contribution in [3.63, 3.8) is 0 Å². The Kier molecular flexibility index (Phi) is 3.63. The topological polar surface area (TPSA) is 37.4 Å². The van der Waals surface area contributed by atoms with Gasteiger partial charge in [-0.1, -0.05) is 71.8 Å².